The average Bonchev–Trinajstić information content (AvgIpc) is 2.63. The SMILES string of the molecule is Cc1cc(C(=O)N2CCCC[C@@H]2c2ccc(CN(C)C)cc2)ccc1O. The van der Waals surface area contributed by atoms with Crippen molar-refractivity contribution in [2.24, 2.45) is 0 Å². The van der Waals surface area contributed by atoms with Crippen LogP contribution >= 0.6 is 0 Å². The minimum atomic E-state index is 0.0511. The highest BCUT2D eigenvalue weighted by molar-refractivity contribution is 5.95. The molecule has 1 fully saturated rings. The molecule has 0 saturated carbocycles. The fraction of sp³-hybridized carbons (Fsp3) is 0.409. The van der Waals surface area contributed by atoms with Gasteiger partial charge in [0.25, 0.3) is 5.91 Å². The fourth-order valence-corrected chi connectivity index (χ4v) is 3.69. The summed E-state index contributed by atoms with van der Waals surface area (Å²) < 4.78 is 0. The molecule has 1 amide bonds. The van der Waals surface area contributed by atoms with Crippen LogP contribution < -0.4 is 0 Å². The van der Waals surface area contributed by atoms with Crippen molar-refractivity contribution in [1.82, 2.24) is 9.80 Å². The third kappa shape index (κ3) is 4.07. The molecule has 0 radical (unpaired) electrons. The van der Waals surface area contributed by atoms with Gasteiger partial charge in [-0.15, -0.1) is 0 Å². The van der Waals surface area contributed by atoms with E-state index in [0.717, 1.165) is 37.9 Å². The highest BCUT2D eigenvalue weighted by Gasteiger charge is 2.28. The van der Waals surface area contributed by atoms with Gasteiger partial charge in [-0.05, 0) is 75.2 Å². The maximum Gasteiger partial charge on any atom is 0.254 e. The van der Waals surface area contributed by atoms with Crippen molar-refractivity contribution < 1.29 is 9.90 Å². The number of aromatic hydroxyl groups is 1. The van der Waals surface area contributed by atoms with Crippen molar-refractivity contribution in [1.29, 1.82) is 0 Å². The lowest BCUT2D eigenvalue weighted by atomic mass is 9.93. The van der Waals surface area contributed by atoms with E-state index in [4.69, 9.17) is 0 Å². The molecule has 0 spiro atoms. The third-order valence-corrected chi connectivity index (χ3v) is 5.07. The quantitative estimate of drug-likeness (QED) is 0.900. The van der Waals surface area contributed by atoms with Gasteiger partial charge in [-0.3, -0.25) is 4.79 Å². The lowest BCUT2D eigenvalue weighted by Gasteiger charge is -2.36. The van der Waals surface area contributed by atoms with E-state index < -0.39 is 0 Å². The second kappa shape index (κ2) is 7.92. The van der Waals surface area contributed by atoms with Crippen LogP contribution in [0.25, 0.3) is 0 Å². The molecule has 4 nitrogen and oxygen atoms in total. The Morgan fingerprint density at radius 2 is 1.88 bits per heavy atom. The van der Waals surface area contributed by atoms with Gasteiger partial charge in [-0.1, -0.05) is 24.3 Å². The molecule has 4 heteroatoms. The van der Waals surface area contributed by atoms with Crippen molar-refractivity contribution in [3.05, 3.63) is 64.7 Å². The normalized spacial score (nSPS) is 17.5. The number of carbonyl (C=O) groups is 1. The number of phenols is 1. The lowest BCUT2D eigenvalue weighted by molar-refractivity contribution is 0.0611. The number of rotatable bonds is 4. The van der Waals surface area contributed by atoms with E-state index in [1.165, 1.54) is 11.1 Å². The first-order chi connectivity index (χ1) is 12.5. The molecule has 1 aliphatic heterocycles. The summed E-state index contributed by atoms with van der Waals surface area (Å²) in [5.74, 6) is 0.281. The summed E-state index contributed by atoms with van der Waals surface area (Å²) in [5, 5.41) is 9.73. The first kappa shape index (κ1) is 18.5. The van der Waals surface area contributed by atoms with Gasteiger partial charge in [0.2, 0.25) is 0 Å². The van der Waals surface area contributed by atoms with E-state index in [2.05, 4.69) is 43.3 Å². The molecule has 0 bridgehead atoms. The second-order valence-electron chi connectivity index (χ2n) is 7.49. The number of carbonyl (C=O) groups excluding carboxylic acids is 1. The van der Waals surface area contributed by atoms with E-state index in [0.29, 0.717) is 5.56 Å². The van der Waals surface area contributed by atoms with Crippen molar-refractivity contribution in [3.8, 4) is 5.75 Å². The van der Waals surface area contributed by atoms with Crippen LogP contribution in [0.1, 0.15) is 52.4 Å². The number of hydrogen-bond acceptors (Lipinski definition) is 3. The molecule has 1 saturated heterocycles. The Morgan fingerprint density at radius 3 is 2.54 bits per heavy atom. The number of nitrogens with zero attached hydrogens (tertiary/aromatic N) is 2. The topological polar surface area (TPSA) is 43.8 Å². The first-order valence-corrected chi connectivity index (χ1v) is 9.30. The zero-order chi connectivity index (χ0) is 18.7. The van der Waals surface area contributed by atoms with Crippen LogP contribution in [0.3, 0.4) is 0 Å². The molecule has 1 heterocycles. The Labute approximate surface area is 156 Å². The number of phenolic OH excluding ortho intramolecular Hbond substituents is 1. The Morgan fingerprint density at radius 1 is 1.15 bits per heavy atom. The summed E-state index contributed by atoms with van der Waals surface area (Å²) in [4.78, 5) is 17.2. The van der Waals surface area contributed by atoms with Crippen molar-refractivity contribution in [3.63, 3.8) is 0 Å². The van der Waals surface area contributed by atoms with Crippen molar-refractivity contribution >= 4 is 5.91 Å². The summed E-state index contributed by atoms with van der Waals surface area (Å²) in [6.07, 6.45) is 3.18. The van der Waals surface area contributed by atoms with Crippen molar-refractivity contribution in [2.75, 3.05) is 20.6 Å². The van der Waals surface area contributed by atoms with Crippen LogP contribution in [0.5, 0.6) is 5.75 Å². The molecule has 1 N–H and O–H groups in total. The molecular formula is C22H28N2O2. The van der Waals surface area contributed by atoms with Crippen LogP contribution in [0, 0.1) is 6.92 Å². The third-order valence-electron chi connectivity index (χ3n) is 5.07. The maximum absolute atomic E-state index is 13.1. The van der Waals surface area contributed by atoms with Crippen LogP contribution in [0.15, 0.2) is 42.5 Å². The van der Waals surface area contributed by atoms with Crippen LogP contribution in [-0.4, -0.2) is 41.5 Å². The standard InChI is InChI=1S/C22H28N2O2/c1-16-14-19(11-12-21(16)25)22(26)24-13-5-4-6-20(24)18-9-7-17(8-10-18)15-23(2)3/h7-12,14,20,25H,4-6,13,15H2,1-3H3/t20-/m1/s1. The van der Waals surface area contributed by atoms with Crippen LogP contribution in [0.2, 0.25) is 0 Å². The number of likely N-dealkylation sites (tertiary alicyclic amines) is 1. The number of hydrogen-bond donors (Lipinski definition) is 1. The maximum atomic E-state index is 13.1. The highest BCUT2D eigenvalue weighted by Crippen LogP contribution is 2.33. The molecule has 3 rings (SSSR count). The number of benzene rings is 2. The molecule has 26 heavy (non-hydrogen) atoms. The van der Waals surface area contributed by atoms with Gasteiger partial charge in [0.15, 0.2) is 0 Å². The Hall–Kier alpha value is -2.33. The fourth-order valence-electron chi connectivity index (χ4n) is 3.69. The zero-order valence-corrected chi connectivity index (χ0v) is 15.9. The highest BCUT2D eigenvalue weighted by atomic mass is 16.3. The predicted octanol–water partition coefficient (Wildman–Crippen LogP) is 4.13. The van der Waals surface area contributed by atoms with Gasteiger partial charge in [0, 0.05) is 18.7 Å². The molecule has 0 unspecified atom stereocenters. The molecule has 2 aromatic rings. The van der Waals surface area contributed by atoms with E-state index >= 15 is 0 Å². The molecule has 138 valence electrons. The largest absolute Gasteiger partial charge is 0.508 e. The Bertz CT molecular complexity index is 768. The van der Waals surface area contributed by atoms with Gasteiger partial charge < -0.3 is 14.9 Å². The molecule has 1 atom stereocenters. The average molecular weight is 352 g/mol. The molecule has 0 aromatic heterocycles. The van der Waals surface area contributed by atoms with Gasteiger partial charge >= 0.3 is 0 Å². The van der Waals surface area contributed by atoms with Crippen LogP contribution in [-0.2, 0) is 6.54 Å². The molecule has 1 aliphatic rings. The van der Waals surface area contributed by atoms with Crippen molar-refractivity contribution in [2.45, 2.75) is 38.8 Å². The van der Waals surface area contributed by atoms with E-state index in [1.807, 2.05) is 11.8 Å². The minimum absolute atomic E-state index is 0.0511. The summed E-state index contributed by atoms with van der Waals surface area (Å²) >= 11 is 0. The molecular weight excluding hydrogens is 324 g/mol. The van der Waals surface area contributed by atoms with Gasteiger partial charge in [0.05, 0.1) is 6.04 Å². The Balaban J connectivity index is 1.83. The summed E-state index contributed by atoms with van der Waals surface area (Å²) in [7, 11) is 4.13. The van der Waals surface area contributed by atoms with E-state index in [9.17, 15) is 9.90 Å². The van der Waals surface area contributed by atoms with Crippen LogP contribution in [0.4, 0.5) is 0 Å². The number of piperidine rings is 1. The minimum Gasteiger partial charge on any atom is -0.508 e. The molecule has 0 aliphatic carbocycles. The summed E-state index contributed by atoms with van der Waals surface area (Å²) in [5.41, 5.74) is 3.87. The van der Waals surface area contributed by atoms with Gasteiger partial charge in [-0.25, -0.2) is 0 Å². The summed E-state index contributed by atoms with van der Waals surface area (Å²) in [6, 6.07) is 13.9. The van der Waals surface area contributed by atoms with E-state index in [-0.39, 0.29) is 17.7 Å². The second-order valence-corrected chi connectivity index (χ2v) is 7.49. The lowest BCUT2D eigenvalue weighted by Crippen LogP contribution is -2.38. The smallest absolute Gasteiger partial charge is 0.254 e. The van der Waals surface area contributed by atoms with Gasteiger partial charge in [0.1, 0.15) is 5.75 Å². The predicted molar refractivity (Wildman–Crippen MR) is 104 cm³/mol. The molecule has 2 aromatic carbocycles. The first-order valence-electron chi connectivity index (χ1n) is 9.30. The number of amides is 1. The monoisotopic (exact) mass is 352 g/mol. The summed E-state index contributed by atoms with van der Waals surface area (Å²) in [6.45, 7) is 3.52. The number of aryl methyl sites for hydroxylation is 1. The van der Waals surface area contributed by atoms with Gasteiger partial charge in [-0.2, -0.15) is 0 Å². The zero-order valence-electron chi connectivity index (χ0n) is 15.9. The van der Waals surface area contributed by atoms with E-state index in [1.54, 1.807) is 18.2 Å². The Kier molecular flexibility index (Phi) is 5.62.